The molecule has 0 unspecified atom stereocenters. The molecule has 194 valence electrons. The van der Waals surface area contributed by atoms with Crippen LogP contribution in [0.15, 0.2) is 78.9 Å². The highest BCUT2D eigenvalue weighted by Crippen LogP contribution is 2.49. The van der Waals surface area contributed by atoms with Crippen molar-refractivity contribution in [3.05, 3.63) is 100 Å². The molecule has 2 saturated heterocycles. The fourth-order valence-corrected chi connectivity index (χ4v) is 5.80. The molecule has 6 rings (SSSR count). The molecule has 10 nitrogen and oxygen atoms in total. The Balaban J connectivity index is 1.39. The maximum absolute atomic E-state index is 13.9. The molecule has 3 aromatic carbocycles. The first-order valence-corrected chi connectivity index (χ1v) is 12.4. The summed E-state index contributed by atoms with van der Waals surface area (Å²) < 4.78 is 0. The number of fused-ring (bicyclic) bond motifs is 5. The number of carbonyl (C=O) groups excluding carboxylic acids is 4. The number of para-hydroxylation sites is 1. The van der Waals surface area contributed by atoms with Crippen molar-refractivity contribution >= 4 is 52.3 Å². The SMILES string of the molecule is CC(=O)c1ccc(N2C(=O)[C@@H]3[C@H](C2=O)[C@@H](C(=O)Nc2ccc([N+](=O)[O-])cc2)N2c4ccccc4C=C[C@H]32)cc1. The van der Waals surface area contributed by atoms with E-state index >= 15 is 0 Å². The zero-order valence-electron chi connectivity index (χ0n) is 20.7. The quantitative estimate of drug-likeness (QED) is 0.233. The highest BCUT2D eigenvalue weighted by molar-refractivity contribution is 6.25. The van der Waals surface area contributed by atoms with Crippen LogP contribution < -0.4 is 15.1 Å². The van der Waals surface area contributed by atoms with E-state index in [-0.39, 0.29) is 11.5 Å². The summed E-state index contributed by atoms with van der Waals surface area (Å²) in [6.45, 7) is 1.43. The van der Waals surface area contributed by atoms with Gasteiger partial charge in [-0.2, -0.15) is 0 Å². The zero-order valence-corrected chi connectivity index (χ0v) is 20.7. The van der Waals surface area contributed by atoms with Gasteiger partial charge in [-0.3, -0.25) is 29.3 Å². The maximum atomic E-state index is 13.9. The van der Waals surface area contributed by atoms with Gasteiger partial charge in [0.05, 0.1) is 28.5 Å². The molecule has 3 aliphatic rings. The average Bonchev–Trinajstić information content (AvgIpc) is 3.41. The topological polar surface area (TPSA) is 130 Å². The summed E-state index contributed by atoms with van der Waals surface area (Å²) in [6.07, 6.45) is 3.75. The van der Waals surface area contributed by atoms with Crippen LogP contribution in [0.5, 0.6) is 0 Å². The van der Waals surface area contributed by atoms with Gasteiger partial charge in [0, 0.05) is 29.1 Å². The third-order valence-electron chi connectivity index (χ3n) is 7.56. The third-order valence-corrected chi connectivity index (χ3v) is 7.56. The lowest BCUT2D eigenvalue weighted by atomic mass is 9.88. The molecule has 3 heterocycles. The number of benzene rings is 3. The lowest BCUT2D eigenvalue weighted by Crippen LogP contribution is -2.50. The van der Waals surface area contributed by atoms with Crippen molar-refractivity contribution in [2.45, 2.75) is 19.0 Å². The fourth-order valence-electron chi connectivity index (χ4n) is 5.80. The van der Waals surface area contributed by atoms with E-state index in [1.807, 2.05) is 41.3 Å². The third kappa shape index (κ3) is 3.80. The Labute approximate surface area is 222 Å². The van der Waals surface area contributed by atoms with Gasteiger partial charge in [0.2, 0.25) is 17.7 Å². The van der Waals surface area contributed by atoms with E-state index in [0.717, 1.165) is 16.2 Å². The van der Waals surface area contributed by atoms with Gasteiger partial charge in [0.15, 0.2) is 5.78 Å². The highest BCUT2D eigenvalue weighted by Gasteiger charge is 2.64. The second kappa shape index (κ2) is 9.02. The van der Waals surface area contributed by atoms with Crippen LogP contribution >= 0.6 is 0 Å². The number of ketones is 1. The normalized spacial score (nSPS) is 22.8. The van der Waals surface area contributed by atoms with Gasteiger partial charge in [-0.05, 0) is 55.0 Å². The van der Waals surface area contributed by atoms with Crippen LogP contribution in [0.3, 0.4) is 0 Å². The first kappa shape index (κ1) is 24.2. The van der Waals surface area contributed by atoms with Crippen molar-refractivity contribution in [3.8, 4) is 0 Å². The molecule has 3 aromatic rings. The number of hydrogen-bond acceptors (Lipinski definition) is 7. The molecule has 3 aliphatic heterocycles. The van der Waals surface area contributed by atoms with Crippen molar-refractivity contribution in [1.29, 1.82) is 0 Å². The van der Waals surface area contributed by atoms with Crippen LogP contribution in [-0.4, -0.2) is 40.5 Å². The van der Waals surface area contributed by atoms with E-state index < -0.39 is 46.6 Å². The van der Waals surface area contributed by atoms with Crippen LogP contribution in [0.1, 0.15) is 22.8 Å². The fraction of sp³-hybridized carbons (Fsp3) is 0.172. The number of rotatable bonds is 5. The van der Waals surface area contributed by atoms with Gasteiger partial charge in [-0.15, -0.1) is 0 Å². The Morgan fingerprint density at radius 3 is 2.23 bits per heavy atom. The Morgan fingerprint density at radius 2 is 1.56 bits per heavy atom. The van der Waals surface area contributed by atoms with Crippen LogP contribution in [0.2, 0.25) is 0 Å². The second-order valence-corrected chi connectivity index (χ2v) is 9.72. The molecule has 10 heteroatoms. The van der Waals surface area contributed by atoms with E-state index in [9.17, 15) is 29.3 Å². The molecule has 4 atom stereocenters. The zero-order chi connectivity index (χ0) is 27.4. The Hall–Kier alpha value is -5.12. The molecular weight excluding hydrogens is 500 g/mol. The number of carbonyl (C=O) groups is 4. The smallest absolute Gasteiger partial charge is 0.269 e. The predicted octanol–water partition coefficient (Wildman–Crippen LogP) is 3.83. The number of anilines is 3. The summed E-state index contributed by atoms with van der Waals surface area (Å²) in [4.78, 5) is 66.6. The first-order valence-electron chi connectivity index (χ1n) is 12.4. The van der Waals surface area contributed by atoms with Crippen molar-refractivity contribution < 1.29 is 24.1 Å². The van der Waals surface area contributed by atoms with Crippen LogP contribution in [0.25, 0.3) is 6.08 Å². The van der Waals surface area contributed by atoms with Crippen molar-refractivity contribution in [1.82, 2.24) is 0 Å². The lowest BCUT2D eigenvalue weighted by molar-refractivity contribution is -0.384. The van der Waals surface area contributed by atoms with E-state index in [4.69, 9.17) is 0 Å². The van der Waals surface area contributed by atoms with Crippen molar-refractivity contribution in [2.75, 3.05) is 15.1 Å². The Kier molecular flexibility index (Phi) is 5.60. The monoisotopic (exact) mass is 522 g/mol. The van der Waals surface area contributed by atoms with Gasteiger partial charge in [-0.25, -0.2) is 4.90 Å². The Bertz CT molecular complexity index is 1580. The minimum atomic E-state index is -1.01. The minimum Gasteiger partial charge on any atom is -0.351 e. The van der Waals surface area contributed by atoms with Crippen LogP contribution in [-0.2, 0) is 14.4 Å². The second-order valence-electron chi connectivity index (χ2n) is 9.72. The standard InChI is InChI=1S/C29H22N4O6/c1-16(34)17-6-11-20(12-7-17)31-28(36)24-23-15-8-18-4-2-3-5-22(18)32(23)26(25(24)29(31)37)27(35)30-19-9-13-21(14-10-19)33(38)39/h2-15,23-26H,1H3,(H,30,35)/t23-,24+,25+,26+/m1/s1. The largest absolute Gasteiger partial charge is 0.351 e. The molecule has 2 fully saturated rings. The molecular formula is C29H22N4O6. The van der Waals surface area contributed by atoms with Gasteiger partial charge in [0.25, 0.3) is 5.69 Å². The summed E-state index contributed by atoms with van der Waals surface area (Å²) in [6, 6.07) is 17.6. The summed E-state index contributed by atoms with van der Waals surface area (Å²) in [5.41, 5.74) is 2.61. The Morgan fingerprint density at radius 1 is 0.897 bits per heavy atom. The summed E-state index contributed by atoms with van der Waals surface area (Å²) in [7, 11) is 0. The number of Topliss-reactive ketones (excluding diaryl/α,β-unsaturated/α-hetero) is 1. The van der Waals surface area contributed by atoms with Crippen molar-refractivity contribution in [3.63, 3.8) is 0 Å². The average molecular weight is 523 g/mol. The van der Waals surface area contributed by atoms with E-state index in [1.54, 1.807) is 24.3 Å². The van der Waals surface area contributed by atoms with Crippen LogP contribution in [0.4, 0.5) is 22.7 Å². The van der Waals surface area contributed by atoms with E-state index in [1.165, 1.54) is 31.2 Å². The summed E-state index contributed by atoms with van der Waals surface area (Å²) >= 11 is 0. The number of non-ortho nitro benzene ring substituents is 1. The maximum Gasteiger partial charge on any atom is 0.269 e. The number of nitrogens with one attached hydrogen (secondary N) is 1. The molecule has 0 radical (unpaired) electrons. The number of nitro groups is 1. The summed E-state index contributed by atoms with van der Waals surface area (Å²) in [5, 5.41) is 13.8. The number of nitrogens with zero attached hydrogens (tertiary/aromatic N) is 3. The van der Waals surface area contributed by atoms with E-state index in [0.29, 0.717) is 16.9 Å². The number of hydrogen-bond donors (Lipinski definition) is 1. The van der Waals surface area contributed by atoms with Gasteiger partial charge in [-0.1, -0.05) is 30.4 Å². The van der Waals surface area contributed by atoms with Gasteiger partial charge in [0.1, 0.15) is 6.04 Å². The predicted molar refractivity (Wildman–Crippen MR) is 143 cm³/mol. The van der Waals surface area contributed by atoms with Gasteiger partial charge < -0.3 is 10.2 Å². The highest BCUT2D eigenvalue weighted by atomic mass is 16.6. The van der Waals surface area contributed by atoms with E-state index in [2.05, 4.69) is 5.32 Å². The molecule has 3 amide bonds. The molecule has 0 bridgehead atoms. The van der Waals surface area contributed by atoms with Gasteiger partial charge >= 0.3 is 0 Å². The number of imide groups is 1. The molecule has 0 aromatic heterocycles. The van der Waals surface area contributed by atoms with Crippen molar-refractivity contribution in [2.24, 2.45) is 11.8 Å². The molecule has 0 spiro atoms. The minimum absolute atomic E-state index is 0.118. The number of nitro benzene ring substituents is 1. The first-order chi connectivity index (χ1) is 18.8. The molecule has 1 N–H and O–H groups in total. The van der Waals surface area contributed by atoms with Crippen LogP contribution in [0, 0.1) is 22.0 Å². The molecule has 0 saturated carbocycles. The summed E-state index contributed by atoms with van der Waals surface area (Å²) in [5.74, 6) is -3.32. The molecule has 39 heavy (non-hydrogen) atoms. The number of amides is 3. The molecule has 0 aliphatic carbocycles. The lowest BCUT2D eigenvalue weighted by Gasteiger charge is -2.36.